The average Bonchev–Trinajstić information content (AvgIpc) is 2.90. The fourth-order valence-corrected chi connectivity index (χ4v) is 3.41. The van der Waals surface area contributed by atoms with Crippen LogP contribution >= 0.6 is 0 Å². The molecular weight excluding hydrogens is 364 g/mol. The molecule has 0 saturated carbocycles. The summed E-state index contributed by atoms with van der Waals surface area (Å²) in [5.41, 5.74) is -0.142. The normalized spacial score (nSPS) is 24.2. The zero-order valence-electron chi connectivity index (χ0n) is 16.8. The van der Waals surface area contributed by atoms with Crippen molar-refractivity contribution in [3.8, 4) is 17.2 Å². The van der Waals surface area contributed by atoms with Gasteiger partial charge in [-0.3, -0.25) is 0 Å². The van der Waals surface area contributed by atoms with Gasteiger partial charge in [-0.05, 0) is 32.9 Å². The molecule has 1 N–H and O–H groups in total. The molecule has 1 fully saturated rings. The highest BCUT2D eigenvalue weighted by atomic mass is 16.6. The topological polar surface area (TPSA) is 87.4 Å². The number of rotatable bonds is 6. The minimum absolute atomic E-state index is 0.0788. The van der Waals surface area contributed by atoms with Crippen LogP contribution in [0, 0.1) is 0 Å². The van der Waals surface area contributed by atoms with Gasteiger partial charge in [0.1, 0.15) is 12.7 Å². The van der Waals surface area contributed by atoms with Gasteiger partial charge in [0.25, 0.3) is 0 Å². The van der Waals surface area contributed by atoms with E-state index in [4.69, 9.17) is 23.4 Å². The molecule has 3 atom stereocenters. The van der Waals surface area contributed by atoms with Crippen LogP contribution in [0.4, 0.5) is 0 Å². The molecule has 28 heavy (non-hydrogen) atoms. The summed E-state index contributed by atoms with van der Waals surface area (Å²) >= 11 is 0. The fourth-order valence-electron chi connectivity index (χ4n) is 3.41. The van der Waals surface area contributed by atoms with Gasteiger partial charge in [-0.1, -0.05) is 11.6 Å². The van der Waals surface area contributed by atoms with Crippen LogP contribution in [-0.4, -0.2) is 43.7 Å². The Bertz CT molecular complexity index is 938. The number of fused-ring (bicyclic) bond motifs is 1. The van der Waals surface area contributed by atoms with E-state index < -0.39 is 17.3 Å². The molecule has 1 aliphatic rings. The first-order chi connectivity index (χ1) is 13.2. The third-order valence-corrected chi connectivity index (χ3v) is 4.76. The van der Waals surface area contributed by atoms with E-state index in [1.54, 1.807) is 19.1 Å². The predicted octanol–water partition coefficient (Wildman–Crippen LogP) is 3.06. The van der Waals surface area contributed by atoms with E-state index in [0.29, 0.717) is 17.6 Å². The molecule has 3 rings (SSSR count). The van der Waals surface area contributed by atoms with Crippen LogP contribution in [0.3, 0.4) is 0 Å². The van der Waals surface area contributed by atoms with Gasteiger partial charge in [-0.2, -0.15) is 0 Å². The number of ether oxygens (including phenoxy) is 4. The van der Waals surface area contributed by atoms with Crippen molar-refractivity contribution >= 4 is 11.0 Å². The van der Waals surface area contributed by atoms with Crippen LogP contribution in [0.2, 0.25) is 0 Å². The maximum atomic E-state index is 11.6. The molecule has 152 valence electrons. The highest BCUT2D eigenvalue weighted by Crippen LogP contribution is 2.43. The Morgan fingerprint density at radius 3 is 2.68 bits per heavy atom. The Morgan fingerprint density at radius 1 is 1.29 bits per heavy atom. The van der Waals surface area contributed by atoms with Crippen molar-refractivity contribution in [1.29, 1.82) is 0 Å². The summed E-state index contributed by atoms with van der Waals surface area (Å²) in [5, 5.41) is 11.4. The highest BCUT2D eigenvalue weighted by molar-refractivity contribution is 5.88. The van der Waals surface area contributed by atoms with E-state index in [9.17, 15) is 9.90 Å². The Balaban J connectivity index is 1.91. The number of methoxy groups -OCH3 is 2. The molecule has 1 aliphatic heterocycles. The van der Waals surface area contributed by atoms with E-state index in [1.807, 2.05) is 19.9 Å². The first-order valence-electron chi connectivity index (χ1n) is 9.09. The first-order valence-corrected chi connectivity index (χ1v) is 9.09. The van der Waals surface area contributed by atoms with Crippen LogP contribution in [0.5, 0.6) is 17.2 Å². The summed E-state index contributed by atoms with van der Waals surface area (Å²) in [5.74, 6) is 0.971. The molecule has 2 aromatic rings. The lowest BCUT2D eigenvalue weighted by Crippen LogP contribution is -2.39. The van der Waals surface area contributed by atoms with Crippen LogP contribution in [0.25, 0.3) is 11.0 Å². The summed E-state index contributed by atoms with van der Waals surface area (Å²) < 4.78 is 28.1. The molecular formula is C21H26O7. The molecule has 0 aliphatic carbocycles. The zero-order chi connectivity index (χ0) is 20.5. The van der Waals surface area contributed by atoms with Gasteiger partial charge in [0.2, 0.25) is 11.5 Å². The van der Waals surface area contributed by atoms with Gasteiger partial charge in [-0.15, -0.1) is 0 Å². The van der Waals surface area contributed by atoms with E-state index in [1.165, 1.54) is 20.3 Å². The van der Waals surface area contributed by atoms with Gasteiger partial charge < -0.3 is 28.5 Å². The molecule has 3 unspecified atom stereocenters. The monoisotopic (exact) mass is 390 g/mol. The highest BCUT2D eigenvalue weighted by Gasteiger charge is 2.43. The Labute approximate surface area is 163 Å². The first kappa shape index (κ1) is 20.2. The van der Waals surface area contributed by atoms with Gasteiger partial charge in [0.15, 0.2) is 11.3 Å². The average molecular weight is 390 g/mol. The minimum atomic E-state index is -1.04. The standard InChI is InChI=1S/C21H26O7/c1-12(2)8-14-10-21(3,23)16(27-14)11-26-19-15(24-4)9-13-6-7-17(22)28-18(13)20(19)25-5/h6-9,14,16,23H,10-11H2,1-5H3. The Hall–Kier alpha value is -2.51. The number of benzene rings is 1. The lowest BCUT2D eigenvalue weighted by Gasteiger charge is -2.24. The summed E-state index contributed by atoms with van der Waals surface area (Å²) in [4.78, 5) is 11.6. The molecule has 1 aromatic heterocycles. The lowest BCUT2D eigenvalue weighted by molar-refractivity contribution is -0.0526. The largest absolute Gasteiger partial charge is 0.493 e. The second-order valence-corrected chi connectivity index (χ2v) is 7.39. The number of aliphatic hydroxyl groups is 1. The van der Waals surface area contributed by atoms with E-state index in [-0.39, 0.29) is 29.8 Å². The van der Waals surface area contributed by atoms with Crippen LogP contribution in [0.1, 0.15) is 27.2 Å². The van der Waals surface area contributed by atoms with Crippen molar-refractivity contribution in [2.45, 2.75) is 45.0 Å². The maximum Gasteiger partial charge on any atom is 0.336 e. The summed E-state index contributed by atoms with van der Waals surface area (Å²) in [6, 6.07) is 4.66. The summed E-state index contributed by atoms with van der Waals surface area (Å²) in [6.45, 7) is 5.78. The molecule has 1 aromatic carbocycles. The van der Waals surface area contributed by atoms with Gasteiger partial charge in [-0.25, -0.2) is 4.79 Å². The second-order valence-electron chi connectivity index (χ2n) is 7.39. The van der Waals surface area contributed by atoms with Crippen LogP contribution in [0.15, 0.2) is 39.1 Å². The van der Waals surface area contributed by atoms with Crippen molar-refractivity contribution < 1.29 is 28.5 Å². The minimum Gasteiger partial charge on any atom is -0.493 e. The fraction of sp³-hybridized carbons (Fsp3) is 0.476. The van der Waals surface area contributed by atoms with Gasteiger partial charge >= 0.3 is 5.63 Å². The van der Waals surface area contributed by atoms with E-state index >= 15 is 0 Å². The van der Waals surface area contributed by atoms with Crippen LogP contribution in [-0.2, 0) is 4.74 Å². The smallest absolute Gasteiger partial charge is 0.336 e. The van der Waals surface area contributed by atoms with Crippen molar-refractivity contribution in [3.63, 3.8) is 0 Å². The SMILES string of the molecule is COc1cc2ccc(=O)oc2c(OC)c1OCC1OC(C=C(C)C)CC1(C)O. The molecule has 2 heterocycles. The number of hydrogen-bond acceptors (Lipinski definition) is 7. The second kappa shape index (κ2) is 7.85. The lowest BCUT2D eigenvalue weighted by atomic mass is 9.96. The molecule has 0 amide bonds. The molecule has 1 saturated heterocycles. The molecule has 0 bridgehead atoms. The number of allylic oxidation sites excluding steroid dienone is 1. The number of hydrogen-bond donors (Lipinski definition) is 1. The Kier molecular flexibility index (Phi) is 5.67. The summed E-state index contributed by atoms with van der Waals surface area (Å²) in [7, 11) is 2.97. The third kappa shape index (κ3) is 4.00. The van der Waals surface area contributed by atoms with Gasteiger partial charge in [0.05, 0.1) is 25.9 Å². The van der Waals surface area contributed by atoms with E-state index in [2.05, 4.69) is 0 Å². The van der Waals surface area contributed by atoms with Crippen molar-refractivity contribution in [2.75, 3.05) is 20.8 Å². The molecule has 7 heteroatoms. The maximum absolute atomic E-state index is 11.6. The third-order valence-electron chi connectivity index (χ3n) is 4.76. The Morgan fingerprint density at radius 2 is 2.04 bits per heavy atom. The zero-order valence-corrected chi connectivity index (χ0v) is 16.8. The van der Waals surface area contributed by atoms with Crippen molar-refractivity contribution in [3.05, 3.63) is 40.3 Å². The van der Waals surface area contributed by atoms with Crippen LogP contribution < -0.4 is 19.8 Å². The molecule has 0 radical (unpaired) electrons. The van der Waals surface area contributed by atoms with Crippen molar-refractivity contribution in [1.82, 2.24) is 0 Å². The molecule has 7 nitrogen and oxygen atoms in total. The predicted molar refractivity (Wildman–Crippen MR) is 104 cm³/mol. The van der Waals surface area contributed by atoms with E-state index in [0.717, 1.165) is 5.57 Å². The summed E-state index contributed by atoms with van der Waals surface area (Å²) in [6.07, 6.45) is 1.75. The van der Waals surface area contributed by atoms with Crippen molar-refractivity contribution in [2.24, 2.45) is 0 Å². The quantitative estimate of drug-likeness (QED) is 0.599. The molecule has 0 spiro atoms. The van der Waals surface area contributed by atoms with Gasteiger partial charge in [0, 0.05) is 17.9 Å².